The first kappa shape index (κ1) is 11.5. The Morgan fingerprint density at radius 1 is 1.41 bits per heavy atom. The first-order chi connectivity index (χ1) is 8.31. The average Bonchev–Trinajstić information content (AvgIpc) is 2.90. The van der Waals surface area contributed by atoms with Crippen molar-refractivity contribution in [1.82, 2.24) is 25.5 Å². The van der Waals surface area contributed by atoms with Crippen molar-refractivity contribution in [3.05, 3.63) is 48.8 Å². The highest BCUT2D eigenvalue weighted by atomic mass is 15.5. The molecule has 1 N–H and O–H groups in total. The summed E-state index contributed by atoms with van der Waals surface area (Å²) in [5, 5.41) is 14.4. The zero-order valence-electron chi connectivity index (χ0n) is 9.74. The van der Waals surface area contributed by atoms with Crippen LogP contribution in [0.3, 0.4) is 0 Å². The summed E-state index contributed by atoms with van der Waals surface area (Å²) in [7, 11) is 0. The molecule has 5 heteroatoms. The summed E-state index contributed by atoms with van der Waals surface area (Å²) in [6.45, 7) is 6.61. The molecule has 1 aromatic heterocycles. The first-order valence-electron chi connectivity index (χ1n) is 5.49. The standard InChI is InChI=1S/C12H15N5/c1-3-8-13-10(2)11-4-6-12(7-5-11)17-9-14-15-16-17/h3-7,9-10,13H,1,8H2,2H3/t10-/m0/s1. The van der Waals surface area contributed by atoms with E-state index in [0.29, 0.717) is 6.04 Å². The summed E-state index contributed by atoms with van der Waals surface area (Å²) in [4.78, 5) is 0. The van der Waals surface area contributed by atoms with E-state index in [9.17, 15) is 0 Å². The van der Waals surface area contributed by atoms with E-state index in [4.69, 9.17) is 0 Å². The molecule has 88 valence electrons. The maximum atomic E-state index is 3.84. The molecule has 0 fully saturated rings. The minimum atomic E-state index is 0.302. The second kappa shape index (κ2) is 5.36. The Morgan fingerprint density at radius 3 is 2.76 bits per heavy atom. The van der Waals surface area contributed by atoms with Crippen LogP contribution >= 0.6 is 0 Å². The van der Waals surface area contributed by atoms with Crippen LogP contribution in [0, 0.1) is 0 Å². The molecule has 2 rings (SSSR count). The van der Waals surface area contributed by atoms with Crippen LogP contribution in [-0.4, -0.2) is 26.8 Å². The van der Waals surface area contributed by atoms with Gasteiger partial charge in [0.25, 0.3) is 0 Å². The van der Waals surface area contributed by atoms with Gasteiger partial charge in [-0.2, -0.15) is 0 Å². The van der Waals surface area contributed by atoms with E-state index >= 15 is 0 Å². The Balaban J connectivity index is 2.10. The van der Waals surface area contributed by atoms with Crippen LogP contribution in [0.2, 0.25) is 0 Å². The SMILES string of the molecule is C=CCN[C@@H](C)c1ccc(-n2cnnn2)cc1. The van der Waals surface area contributed by atoms with Gasteiger partial charge in [-0.3, -0.25) is 0 Å². The third-order valence-corrected chi connectivity index (χ3v) is 2.58. The van der Waals surface area contributed by atoms with Gasteiger partial charge in [0.2, 0.25) is 0 Å². The van der Waals surface area contributed by atoms with E-state index in [2.05, 4.69) is 46.5 Å². The van der Waals surface area contributed by atoms with Crippen LogP contribution < -0.4 is 5.32 Å². The first-order valence-corrected chi connectivity index (χ1v) is 5.49. The summed E-state index contributed by atoms with van der Waals surface area (Å²) in [5.41, 5.74) is 2.18. The fraction of sp³-hybridized carbons (Fsp3) is 0.250. The Kier molecular flexibility index (Phi) is 3.62. The molecule has 1 aromatic carbocycles. The predicted molar refractivity (Wildman–Crippen MR) is 65.8 cm³/mol. The molecule has 5 nitrogen and oxygen atoms in total. The lowest BCUT2D eigenvalue weighted by atomic mass is 10.1. The fourth-order valence-electron chi connectivity index (χ4n) is 1.57. The minimum Gasteiger partial charge on any atom is -0.307 e. The minimum absolute atomic E-state index is 0.302. The van der Waals surface area contributed by atoms with Gasteiger partial charge in [-0.1, -0.05) is 18.2 Å². The molecule has 0 saturated heterocycles. The van der Waals surface area contributed by atoms with Crippen LogP contribution in [0.15, 0.2) is 43.2 Å². The van der Waals surface area contributed by atoms with Crippen molar-refractivity contribution in [1.29, 1.82) is 0 Å². The zero-order chi connectivity index (χ0) is 12.1. The third kappa shape index (κ3) is 2.76. The van der Waals surface area contributed by atoms with Crippen LogP contribution in [0.25, 0.3) is 5.69 Å². The molecule has 0 amide bonds. The number of hydrogen-bond acceptors (Lipinski definition) is 4. The number of benzene rings is 1. The van der Waals surface area contributed by atoms with E-state index < -0.39 is 0 Å². The number of nitrogens with one attached hydrogen (secondary N) is 1. The summed E-state index contributed by atoms with van der Waals surface area (Å²) in [6, 6.07) is 8.43. The van der Waals surface area contributed by atoms with Gasteiger partial charge in [0.05, 0.1) is 5.69 Å². The Bertz CT molecular complexity index is 460. The normalized spacial score (nSPS) is 12.3. The van der Waals surface area contributed by atoms with Gasteiger partial charge in [0.1, 0.15) is 6.33 Å². The van der Waals surface area contributed by atoms with E-state index in [-0.39, 0.29) is 0 Å². The molecule has 0 spiro atoms. The summed E-state index contributed by atoms with van der Waals surface area (Å²) >= 11 is 0. The van der Waals surface area contributed by atoms with Gasteiger partial charge in [-0.15, -0.1) is 11.7 Å². The smallest absolute Gasteiger partial charge is 0.143 e. The highest BCUT2D eigenvalue weighted by molar-refractivity contribution is 5.34. The predicted octanol–water partition coefficient (Wildman–Crippen LogP) is 1.50. The van der Waals surface area contributed by atoms with Crippen LogP contribution in [0.5, 0.6) is 0 Å². The molecule has 0 bridgehead atoms. The molecule has 0 saturated carbocycles. The molecule has 2 aromatic rings. The summed E-state index contributed by atoms with van der Waals surface area (Å²) in [5.74, 6) is 0. The Hall–Kier alpha value is -2.01. The number of nitrogens with zero attached hydrogens (tertiary/aromatic N) is 4. The maximum absolute atomic E-state index is 3.84. The van der Waals surface area contributed by atoms with Crippen molar-refractivity contribution in [3.63, 3.8) is 0 Å². The van der Waals surface area contributed by atoms with Gasteiger partial charge in [-0.05, 0) is 35.0 Å². The van der Waals surface area contributed by atoms with Gasteiger partial charge >= 0.3 is 0 Å². The maximum Gasteiger partial charge on any atom is 0.143 e. The average molecular weight is 229 g/mol. The van der Waals surface area contributed by atoms with E-state index in [1.165, 1.54) is 5.56 Å². The number of tetrazole rings is 1. The van der Waals surface area contributed by atoms with Crippen molar-refractivity contribution in [3.8, 4) is 5.69 Å². The van der Waals surface area contributed by atoms with Crippen LogP contribution in [0.4, 0.5) is 0 Å². The number of rotatable bonds is 5. The summed E-state index contributed by atoms with van der Waals surface area (Å²) in [6.07, 6.45) is 3.43. The second-order valence-electron chi connectivity index (χ2n) is 3.76. The van der Waals surface area contributed by atoms with E-state index in [1.807, 2.05) is 18.2 Å². The molecule has 1 atom stereocenters. The van der Waals surface area contributed by atoms with Gasteiger partial charge < -0.3 is 5.32 Å². The fourth-order valence-corrected chi connectivity index (χ4v) is 1.57. The molecule has 0 radical (unpaired) electrons. The highest BCUT2D eigenvalue weighted by Crippen LogP contribution is 2.14. The zero-order valence-corrected chi connectivity index (χ0v) is 9.74. The molecule has 0 aliphatic heterocycles. The lowest BCUT2D eigenvalue weighted by Gasteiger charge is -2.13. The van der Waals surface area contributed by atoms with Crippen molar-refractivity contribution in [2.24, 2.45) is 0 Å². The monoisotopic (exact) mass is 229 g/mol. The number of aromatic nitrogens is 4. The highest BCUT2D eigenvalue weighted by Gasteiger charge is 2.04. The van der Waals surface area contributed by atoms with Crippen molar-refractivity contribution < 1.29 is 0 Å². The Morgan fingerprint density at radius 2 is 2.18 bits per heavy atom. The molecule has 0 unspecified atom stereocenters. The van der Waals surface area contributed by atoms with Gasteiger partial charge in [-0.25, -0.2) is 4.68 Å². The van der Waals surface area contributed by atoms with Gasteiger partial charge in [0, 0.05) is 12.6 Å². The second-order valence-corrected chi connectivity index (χ2v) is 3.76. The lowest BCUT2D eigenvalue weighted by molar-refractivity contribution is 0.617. The quantitative estimate of drug-likeness (QED) is 0.789. The van der Waals surface area contributed by atoms with Crippen molar-refractivity contribution in [2.75, 3.05) is 6.54 Å². The van der Waals surface area contributed by atoms with Crippen LogP contribution in [-0.2, 0) is 0 Å². The van der Waals surface area contributed by atoms with Crippen LogP contribution in [0.1, 0.15) is 18.5 Å². The Labute approximate surface area is 100 Å². The molecule has 1 heterocycles. The molecule has 0 aliphatic rings. The van der Waals surface area contributed by atoms with E-state index in [1.54, 1.807) is 11.0 Å². The molecule has 0 aliphatic carbocycles. The lowest BCUT2D eigenvalue weighted by Crippen LogP contribution is -2.18. The van der Waals surface area contributed by atoms with Gasteiger partial charge in [0.15, 0.2) is 0 Å². The number of hydrogen-bond donors (Lipinski definition) is 1. The molecular formula is C12H15N5. The van der Waals surface area contributed by atoms with Crippen molar-refractivity contribution >= 4 is 0 Å². The van der Waals surface area contributed by atoms with E-state index in [0.717, 1.165) is 12.2 Å². The molecular weight excluding hydrogens is 214 g/mol. The van der Waals surface area contributed by atoms with Crippen molar-refractivity contribution in [2.45, 2.75) is 13.0 Å². The molecule has 17 heavy (non-hydrogen) atoms. The third-order valence-electron chi connectivity index (χ3n) is 2.58. The summed E-state index contributed by atoms with van der Waals surface area (Å²) < 4.78 is 1.63. The largest absolute Gasteiger partial charge is 0.307 e. The topological polar surface area (TPSA) is 55.6 Å².